The van der Waals surface area contributed by atoms with Crippen molar-refractivity contribution in [3.63, 3.8) is 0 Å². The van der Waals surface area contributed by atoms with E-state index in [0.29, 0.717) is 34.9 Å². The minimum Gasteiger partial charge on any atom is -0.324 e. The number of para-hydroxylation sites is 2. The van der Waals surface area contributed by atoms with Gasteiger partial charge < -0.3 is 10.2 Å². The molecule has 0 atom stereocenters. The topological polar surface area (TPSA) is 62.3 Å². The second-order valence-electron chi connectivity index (χ2n) is 6.55. The first kappa shape index (κ1) is 18.3. The average molecular weight is 395 g/mol. The van der Waals surface area contributed by atoms with Crippen molar-refractivity contribution in [2.45, 2.75) is 19.3 Å². The van der Waals surface area contributed by atoms with Crippen LogP contribution >= 0.6 is 11.3 Å². The van der Waals surface area contributed by atoms with E-state index in [1.807, 2.05) is 18.2 Å². The number of anilines is 2. The normalized spacial score (nSPS) is 13.8. The molecule has 2 aromatic carbocycles. The summed E-state index contributed by atoms with van der Waals surface area (Å²) >= 11 is 1.37. The Hall–Kier alpha value is -3.06. The van der Waals surface area contributed by atoms with Gasteiger partial charge in [0.15, 0.2) is 0 Å². The van der Waals surface area contributed by atoms with E-state index in [0.717, 1.165) is 12.1 Å². The van der Waals surface area contributed by atoms with Gasteiger partial charge in [0.1, 0.15) is 10.8 Å². The number of hydrogen-bond acceptors (Lipinski definition) is 4. The van der Waals surface area contributed by atoms with E-state index in [9.17, 15) is 14.0 Å². The number of rotatable bonds is 5. The quantitative estimate of drug-likeness (QED) is 0.702. The number of carbonyl (C=O) groups excluding carboxylic acids is 2. The van der Waals surface area contributed by atoms with E-state index in [4.69, 9.17) is 0 Å². The molecule has 7 heteroatoms. The average Bonchev–Trinajstić information content (AvgIpc) is 3.31. The molecule has 1 aliphatic heterocycles. The van der Waals surface area contributed by atoms with Gasteiger partial charge in [0, 0.05) is 23.9 Å². The molecule has 0 radical (unpaired) electrons. The molecule has 1 aliphatic rings. The summed E-state index contributed by atoms with van der Waals surface area (Å²) < 4.78 is 13.4. The third-order valence-electron chi connectivity index (χ3n) is 4.51. The number of halogens is 1. The number of carbonyl (C=O) groups is 2. The molecule has 0 spiro atoms. The molecule has 1 fully saturated rings. The van der Waals surface area contributed by atoms with Gasteiger partial charge in [-0.1, -0.05) is 24.3 Å². The summed E-state index contributed by atoms with van der Waals surface area (Å²) in [7, 11) is 0. The number of nitrogens with one attached hydrogen (secondary N) is 1. The Morgan fingerprint density at radius 2 is 2.07 bits per heavy atom. The molecule has 28 heavy (non-hydrogen) atoms. The fourth-order valence-electron chi connectivity index (χ4n) is 3.22. The lowest BCUT2D eigenvalue weighted by Crippen LogP contribution is -2.26. The van der Waals surface area contributed by atoms with Gasteiger partial charge in [-0.15, -0.1) is 11.3 Å². The van der Waals surface area contributed by atoms with E-state index < -0.39 is 0 Å². The summed E-state index contributed by atoms with van der Waals surface area (Å²) in [5.41, 5.74) is 2.64. The van der Waals surface area contributed by atoms with Crippen LogP contribution in [0.5, 0.6) is 0 Å². The Morgan fingerprint density at radius 3 is 2.86 bits per heavy atom. The van der Waals surface area contributed by atoms with Gasteiger partial charge in [-0.25, -0.2) is 9.37 Å². The molecule has 2 heterocycles. The second kappa shape index (κ2) is 7.90. The number of benzene rings is 2. The van der Waals surface area contributed by atoms with Crippen LogP contribution in [0.25, 0.3) is 10.6 Å². The van der Waals surface area contributed by atoms with Gasteiger partial charge in [-0.2, -0.15) is 0 Å². The lowest BCUT2D eigenvalue weighted by atomic mass is 10.2. The van der Waals surface area contributed by atoms with Crippen molar-refractivity contribution in [1.82, 2.24) is 4.98 Å². The van der Waals surface area contributed by atoms with E-state index in [-0.39, 0.29) is 24.1 Å². The highest BCUT2D eigenvalue weighted by Crippen LogP contribution is 2.30. The Labute approximate surface area is 165 Å². The van der Waals surface area contributed by atoms with E-state index in [1.165, 1.54) is 23.5 Å². The Morgan fingerprint density at radius 1 is 1.21 bits per heavy atom. The zero-order chi connectivity index (χ0) is 19.5. The van der Waals surface area contributed by atoms with Crippen LogP contribution in [-0.2, 0) is 16.0 Å². The molecule has 1 N–H and O–H groups in total. The van der Waals surface area contributed by atoms with Crippen LogP contribution in [-0.4, -0.2) is 23.3 Å². The van der Waals surface area contributed by atoms with Gasteiger partial charge in [0.2, 0.25) is 11.8 Å². The molecule has 0 saturated carbocycles. The summed E-state index contributed by atoms with van der Waals surface area (Å²) in [6.45, 7) is 0.662. The molecule has 4 rings (SSSR count). The van der Waals surface area contributed by atoms with Gasteiger partial charge >= 0.3 is 0 Å². The summed E-state index contributed by atoms with van der Waals surface area (Å²) in [4.78, 5) is 30.7. The molecular formula is C21H18FN3O2S. The maximum Gasteiger partial charge on any atom is 0.230 e. The van der Waals surface area contributed by atoms with Crippen LogP contribution in [0.4, 0.5) is 15.8 Å². The minimum atomic E-state index is -0.319. The fourth-order valence-corrected chi connectivity index (χ4v) is 4.04. The Balaban J connectivity index is 1.47. The van der Waals surface area contributed by atoms with Crippen LogP contribution in [0.1, 0.15) is 18.5 Å². The van der Waals surface area contributed by atoms with Crippen LogP contribution < -0.4 is 10.2 Å². The first-order valence-corrected chi connectivity index (χ1v) is 9.88. The van der Waals surface area contributed by atoms with Crippen LogP contribution in [0, 0.1) is 5.82 Å². The maximum absolute atomic E-state index is 13.4. The molecule has 3 aromatic rings. The highest BCUT2D eigenvalue weighted by atomic mass is 32.1. The second-order valence-corrected chi connectivity index (χ2v) is 7.40. The molecule has 5 nitrogen and oxygen atoms in total. The van der Waals surface area contributed by atoms with Crippen molar-refractivity contribution in [2.75, 3.05) is 16.8 Å². The van der Waals surface area contributed by atoms with Gasteiger partial charge in [-0.05, 0) is 30.7 Å². The summed E-state index contributed by atoms with van der Waals surface area (Å²) in [6.07, 6.45) is 1.46. The van der Waals surface area contributed by atoms with Crippen molar-refractivity contribution in [3.8, 4) is 10.6 Å². The predicted octanol–water partition coefficient (Wildman–Crippen LogP) is 4.26. The monoisotopic (exact) mass is 395 g/mol. The predicted molar refractivity (Wildman–Crippen MR) is 108 cm³/mol. The Bertz CT molecular complexity index is 1030. The number of thiazole rings is 1. The van der Waals surface area contributed by atoms with Gasteiger partial charge in [0.05, 0.1) is 23.5 Å². The molecule has 0 unspecified atom stereocenters. The van der Waals surface area contributed by atoms with Gasteiger partial charge in [0.25, 0.3) is 0 Å². The molecule has 142 valence electrons. The molecule has 0 bridgehead atoms. The first-order valence-electron chi connectivity index (χ1n) is 9.00. The SMILES string of the molecule is O=C(Cc1csc(-c2cccc(F)c2)n1)Nc1ccccc1N1CCCC1=O. The molecular weight excluding hydrogens is 377 g/mol. The van der Waals surface area contributed by atoms with Crippen LogP contribution in [0.3, 0.4) is 0 Å². The van der Waals surface area contributed by atoms with E-state index in [1.54, 1.807) is 28.5 Å². The fraction of sp³-hybridized carbons (Fsp3) is 0.190. The zero-order valence-electron chi connectivity index (χ0n) is 15.0. The third kappa shape index (κ3) is 3.94. The standard InChI is InChI=1S/C21H18FN3O2S/c22-15-6-3-5-14(11-15)21-23-16(13-28-21)12-19(26)24-17-7-1-2-8-18(17)25-10-4-9-20(25)27/h1-3,5-8,11,13H,4,9-10,12H2,(H,24,26). The van der Waals surface area contributed by atoms with Crippen molar-refractivity contribution in [2.24, 2.45) is 0 Å². The lowest BCUT2D eigenvalue weighted by Gasteiger charge is -2.19. The lowest BCUT2D eigenvalue weighted by molar-refractivity contribution is -0.117. The van der Waals surface area contributed by atoms with Crippen molar-refractivity contribution >= 4 is 34.5 Å². The number of aromatic nitrogens is 1. The molecule has 1 aromatic heterocycles. The van der Waals surface area contributed by atoms with Crippen LogP contribution in [0.2, 0.25) is 0 Å². The highest BCUT2D eigenvalue weighted by Gasteiger charge is 2.24. The summed E-state index contributed by atoms with van der Waals surface area (Å²) in [6, 6.07) is 13.5. The third-order valence-corrected chi connectivity index (χ3v) is 5.45. The summed E-state index contributed by atoms with van der Waals surface area (Å²) in [5, 5.41) is 5.36. The highest BCUT2D eigenvalue weighted by molar-refractivity contribution is 7.13. The number of hydrogen-bond donors (Lipinski definition) is 1. The van der Waals surface area contributed by atoms with Crippen molar-refractivity contribution in [1.29, 1.82) is 0 Å². The van der Waals surface area contributed by atoms with Crippen molar-refractivity contribution in [3.05, 3.63) is 65.4 Å². The van der Waals surface area contributed by atoms with Crippen molar-refractivity contribution < 1.29 is 14.0 Å². The van der Waals surface area contributed by atoms with Crippen LogP contribution in [0.15, 0.2) is 53.9 Å². The molecule has 0 aliphatic carbocycles. The molecule has 1 saturated heterocycles. The van der Waals surface area contributed by atoms with E-state index in [2.05, 4.69) is 10.3 Å². The summed E-state index contributed by atoms with van der Waals surface area (Å²) in [5.74, 6) is -0.462. The Kier molecular flexibility index (Phi) is 5.16. The number of nitrogens with zero attached hydrogens (tertiary/aromatic N) is 2. The minimum absolute atomic E-state index is 0.0703. The first-order chi connectivity index (χ1) is 13.6. The maximum atomic E-state index is 13.4. The molecule has 2 amide bonds. The largest absolute Gasteiger partial charge is 0.324 e. The van der Waals surface area contributed by atoms with Gasteiger partial charge in [-0.3, -0.25) is 9.59 Å². The zero-order valence-corrected chi connectivity index (χ0v) is 15.8. The smallest absolute Gasteiger partial charge is 0.230 e. The number of amides is 2. The van der Waals surface area contributed by atoms with E-state index >= 15 is 0 Å².